The smallest absolute Gasteiger partial charge is 0.306 e. The molecular weight excluding hydrogens is 748 g/mol. The van der Waals surface area contributed by atoms with Crippen LogP contribution in [0.3, 0.4) is 0 Å². The third-order valence-corrected chi connectivity index (χ3v) is 9.79. The van der Waals surface area contributed by atoms with Crippen molar-refractivity contribution in [1.29, 1.82) is 0 Å². The minimum atomic E-state index is -2.19. The van der Waals surface area contributed by atoms with Gasteiger partial charge in [0.15, 0.2) is 23.0 Å². The zero-order chi connectivity index (χ0) is 41.9. The number of carbonyl (C=O) groups excluding carboxylic acids is 4. The van der Waals surface area contributed by atoms with E-state index in [-0.39, 0.29) is 24.0 Å². The van der Waals surface area contributed by atoms with Gasteiger partial charge in [0.25, 0.3) is 0 Å². The molecule has 0 radical (unpaired) electrons. The molecule has 0 fully saturated rings. The molecule has 0 saturated heterocycles. The van der Waals surface area contributed by atoms with Crippen LogP contribution < -0.4 is 39.8 Å². The number of carboxylic acids is 2. The van der Waals surface area contributed by atoms with Crippen LogP contribution >= 0.6 is 0 Å². The maximum Gasteiger partial charge on any atom is 0.306 e. The van der Waals surface area contributed by atoms with Crippen LogP contribution in [0.1, 0.15) is 71.1 Å². The van der Waals surface area contributed by atoms with Gasteiger partial charge in [0.05, 0.1) is 66.3 Å². The molecule has 0 amide bonds. The van der Waals surface area contributed by atoms with Crippen molar-refractivity contribution in [2.24, 2.45) is 0 Å². The SMILES string of the molecule is COc1cc2c(cc1OC)C(CCC(=O)OCc1ccccc1)[NH2+]CC2.COc1cc2c(cc1OC)C(CCC(=O)OCc1ccccc1)[NH2+]CC2.O=C([O-])C(=O)[O-]. The minimum absolute atomic E-state index is 0.158. The molecule has 2 heterocycles. The Morgan fingerprint density at radius 1 is 0.552 bits per heavy atom. The van der Waals surface area contributed by atoms with Crippen LogP contribution in [-0.2, 0) is 54.7 Å². The number of carboxylic acid groups (broad SMARTS) is 2. The van der Waals surface area contributed by atoms with E-state index in [1.807, 2.05) is 72.8 Å². The number of fused-ring (bicyclic) bond motifs is 2. The molecular formula is C44H52N2O12. The highest BCUT2D eigenvalue weighted by Crippen LogP contribution is 2.36. The molecule has 2 aliphatic rings. The van der Waals surface area contributed by atoms with Crippen LogP contribution in [0.25, 0.3) is 0 Å². The number of quaternary nitrogens is 2. The molecule has 2 aliphatic heterocycles. The molecule has 58 heavy (non-hydrogen) atoms. The van der Waals surface area contributed by atoms with Crippen molar-refractivity contribution < 1.29 is 68.4 Å². The Bertz CT molecular complexity index is 1810. The van der Waals surface area contributed by atoms with E-state index in [1.54, 1.807) is 28.4 Å². The highest BCUT2D eigenvalue weighted by atomic mass is 16.5. The van der Waals surface area contributed by atoms with Gasteiger partial charge >= 0.3 is 11.9 Å². The van der Waals surface area contributed by atoms with Crippen molar-refractivity contribution in [3.8, 4) is 23.0 Å². The highest BCUT2D eigenvalue weighted by molar-refractivity contribution is 6.25. The quantitative estimate of drug-likeness (QED) is 0.137. The number of ether oxygens (including phenoxy) is 6. The second kappa shape index (κ2) is 23.2. The number of benzene rings is 4. The number of hydrogen-bond acceptors (Lipinski definition) is 12. The predicted octanol–water partition coefficient (Wildman–Crippen LogP) is 1.26. The highest BCUT2D eigenvalue weighted by Gasteiger charge is 2.28. The largest absolute Gasteiger partial charge is 0.543 e. The summed E-state index contributed by atoms with van der Waals surface area (Å²) in [4.78, 5) is 42.1. The molecule has 6 rings (SSSR count). The Morgan fingerprint density at radius 2 is 0.897 bits per heavy atom. The first kappa shape index (κ1) is 44.6. The molecule has 4 N–H and O–H groups in total. The summed E-state index contributed by atoms with van der Waals surface area (Å²) < 4.78 is 32.4. The van der Waals surface area contributed by atoms with E-state index in [1.165, 1.54) is 22.3 Å². The van der Waals surface area contributed by atoms with Gasteiger partial charge in [-0.05, 0) is 46.5 Å². The Kier molecular flexibility index (Phi) is 17.8. The third-order valence-electron chi connectivity index (χ3n) is 9.79. The Balaban J connectivity index is 0.000000225. The molecule has 14 heteroatoms. The van der Waals surface area contributed by atoms with Crippen molar-refractivity contribution in [2.75, 3.05) is 41.5 Å². The van der Waals surface area contributed by atoms with Gasteiger partial charge in [-0.2, -0.15) is 0 Å². The van der Waals surface area contributed by atoms with Gasteiger partial charge in [0.2, 0.25) is 0 Å². The number of aliphatic carboxylic acids is 2. The van der Waals surface area contributed by atoms with E-state index in [2.05, 4.69) is 22.8 Å². The van der Waals surface area contributed by atoms with Gasteiger partial charge in [-0.3, -0.25) is 9.59 Å². The summed E-state index contributed by atoms with van der Waals surface area (Å²) in [7, 11) is 6.60. The average molecular weight is 801 g/mol. The molecule has 0 spiro atoms. The van der Waals surface area contributed by atoms with Crippen LogP contribution in [0.2, 0.25) is 0 Å². The van der Waals surface area contributed by atoms with Crippen LogP contribution in [0.4, 0.5) is 0 Å². The van der Waals surface area contributed by atoms with Gasteiger partial charge in [0, 0.05) is 36.8 Å². The number of esters is 2. The summed E-state index contributed by atoms with van der Waals surface area (Å²) in [5.41, 5.74) is 7.01. The standard InChI is InChI=1S/2C21H25NO4.C2H2O4/c2*1-24-19-12-16-10-11-22-18(17(16)13-20(19)25-2)8-9-21(23)26-14-15-6-4-3-5-7-15;3-1(4)2(5)6/h2*3-7,12-13,18,22H,8-11,14H2,1-2H3;(H,3,4)(H,5,6). The Labute approximate surface area is 338 Å². The summed E-state index contributed by atoms with van der Waals surface area (Å²) in [5, 5.41) is 22.4. The molecule has 0 saturated carbocycles. The van der Waals surface area contributed by atoms with Crippen LogP contribution in [0.15, 0.2) is 84.9 Å². The Morgan fingerprint density at radius 3 is 1.22 bits per heavy atom. The molecule has 310 valence electrons. The first-order valence-corrected chi connectivity index (χ1v) is 19.0. The van der Waals surface area contributed by atoms with Gasteiger partial charge in [-0.15, -0.1) is 0 Å². The van der Waals surface area contributed by atoms with Crippen molar-refractivity contribution in [3.05, 3.63) is 118 Å². The second-order valence-corrected chi connectivity index (χ2v) is 13.5. The van der Waals surface area contributed by atoms with Gasteiger partial charge in [0.1, 0.15) is 25.3 Å². The summed E-state index contributed by atoms with van der Waals surface area (Å²) in [6, 6.07) is 28.2. The number of methoxy groups -OCH3 is 4. The van der Waals surface area contributed by atoms with Crippen LogP contribution in [0.5, 0.6) is 23.0 Å². The molecule has 14 nitrogen and oxygen atoms in total. The molecule has 0 bridgehead atoms. The molecule has 2 unspecified atom stereocenters. The fourth-order valence-corrected chi connectivity index (χ4v) is 6.84. The van der Waals surface area contributed by atoms with Crippen molar-refractivity contribution in [1.82, 2.24) is 0 Å². The van der Waals surface area contributed by atoms with Gasteiger partial charge in [-0.1, -0.05) is 60.7 Å². The summed E-state index contributed by atoms with van der Waals surface area (Å²) in [6.45, 7) is 2.67. The van der Waals surface area contributed by atoms with E-state index in [0.717, 1.165) is 72.9 Å². The lowest BCUT2D eigenvalue weighted by molar-refractivity contribution is -0.699. The number of hydrogen-bond donors (Lipinski definition) is 2. The van der Waals surface area contributed by atoms with Crippen molar-refractivity contribution in [2.45, 2.75) is 63.8 Å². The minimum Gasteiger partial charge on any atom is -0.543 e. The summed E-state index contributed by atoms with van der Waals surface area (Å²) in [6.07, 6.45) is 4.28. The lowest BCUT2D eigenvalue weighted by Gasteiger charge is -2.25. The third kappa shape index (κ3) is 13.5. The van der Waals surface area contributed by atoms with E-state index < -0.39 is 11.9 Å². The second-order valence-electron chi connectivity index (χ2n) is 13.5. The van der Waals surface area contributed by atoms with E-state index in [0.29, 0.717) is 26.1 Å². The van der Waals surface area contributed by atoms with E-state index >= 15 is 0 Å². The van der Waals surface area contributed by atoms with Crippen LogP contribution in [0, 0.1) is 0 Å². The summed E-state index contributed by atoms with van der Waals surface area (Å²) >= 11 is 0. The first-order chi connectivity index (χ1) is 28.1. The molecule has 0 aromatic heterocycles. The Hall–Kier alpha value is -6.12. The zero-order valence-electron chi connectivity index (χ0n) is 33.4. The molecule has 4 aromatic rings. The number of nitrogens with two attached hydrogens (primary N) is 2. The van der Waals surface area contributed by atoms with Gasteiger partial charge < -0.3 is 58.9 Å². The monoisotopic (exact) mass is 800 g/mol. The number of carbonyl (C=O) groups is 4. The maximum atomic E-state index is 12.1. The normalized spacial score (nSPS) is 15.0. The van der Waals surface area contributed by atoms with E-state index in [4.69, 9.17) is 48.2 Å². The molecule has 4 aromatic carbocycles. The number of rotatable bonds is 14. The zero-order valence-corrected chi connectivity index (χ0v) is 33.4. The molecule has 2 atom stereocenters. The first-order valence-electron chi connectivity index (χ1n) is 19.0. The van der Waals surface area contributed by atoms with E-state index in [9.17, 15) is 9.59 Å². The maximum absolute atomic E-state index is 12.1. The lowest BCUT2D eigenvalue weighted by Crippen LogP contribution is -2.87. The van der Waals surface area contributed by atoms with Crippen LogP contribution in [-0.4, -0.2) is 65.4 Å². The van der Waals surface area contributed by atoms with Gasteiger partial charge in [-0.25, -0.2) is 0 Å². The summed E-state index contributed by atoms with van der Waals surface area (Å²) in [5.74, 6) is -1.70. The molecule has 0 aliphatic carbocycles. The lowest BCUT2D eigenvalue weighted by atomic mass is 9.91. The fourth-order valence-electron chi connectivity index (χ4n) is 6.84. The van der Waals surface area contributed by atoms with Crippen molar-refractivity contribution >= 4 is 23.9 Å². The van der Waals surface area contributed by atoms with Crippen molar-refractivity contribution in [3.63, 3.8) is 0 Å². The predicted molar refractivity (Wildman–Crippen MR) is 207 cm³/mol. The topological polar surface area (TPSA) is 203 Å². The average Bonchev–Trinajstić information content (AvgIpc) is 3.26. The fraction of sp³-hybridized carbons (Fsp3) is 0.364.